The van der Waals surface area contributed by atoms with Gasteiger partial charge in [-0.1, -0.05) is 25.5 Å². The molecule has 4 rings (SSSR count). The number of fused-ring (bicyclic) bond motifs is 5. The molecule has 0 aliphatic heterocycles. The molecule has 166 valence electrons. The zero-order valence-electron chi connectivity index (χ0n) is 19.6. The highest BCUT2D eigenvalue weighted by molar-refractivity contribution is 5.87. The van der Waals surface area contributed by atoms with Gasteiger partial charge in [-0.2, -0.15) is 0 Å². The lowest BCUT2D eigenvalue weighted by atomic mass is 9.44. The minimum absolute atomic E-state index is 0.0948. The maximum atomic E-state index is 12.8. The largest absolute Gasteiger partial charge is 0.458 e. The Balaban J connectivity index is 1.64. The van der Waals surface area contributed by atoms with E-state index in [2.05, 4.69) is 32.6 Å². The Labute approximate surface area is 182 Å². The van der Waals surface area contributed by atoms with Gasteiger partial charge in [0.25, 0.3) is 0 Å². The molecule has 3 saturated carbocycles. The van der Waals surface area contributed by atoms with E-state index in [1.165, 1.54) is 5.57 Å². The number of carbonyl (C=O) groups excluding carboxylic acids is 2. The number of carbonyl (C=O) groups is 2. The molecule has 0 bridgehead atoms. The summed E-state index contributed by atoms with van der Waals surface area (Å²) in [6.45, 7) is 14.5. The molecule has 0 amide bonds. The number of hydrogen-bond donors (Lipinski definition) is 0. The van der Waals surface area contributed by atoms with E-state index >= 15 is 0 Å². The first-order valence-electron chi connectivity index (χ1n) is 12.1. The second-order valence-electron chi connectivity index (χ2n) is 12.0. The first-order valence-corrected chi connectivity index (χ1v) is 12.1. The Morgan fingerprint density at radius 1 is 1.17 bits per heavy atom. The van der Waals surface area contributed by atoms with Crippen molar-refractivity contribution in [3.05, 3.63) is 24.3 Å². The third-order valence-corrected chi connectivity index (χ3v) is 9.30. The third kappa shape index (κ3) is 3.31. The van der Waals surface area contributed by atoms with E-state index in [1.54, 1.807) is 0 Å². The van der Waals surface area contributed by atoms with Crippen molar-refractivity contribution in [1.29, 1.82) is 0 Å². The van der Waals surface area contributed by atoms with Crippen LogP contribution in [0.1, 0.15) is 86.0 Å². The van der Waals surface area contributed by atoms with Gasteiger partial charge >= 0.3 is 5.97 Å². The van der Waals surface area contributed by atoms with Gasteiger partial charge < -0.3 is 4.74 Å². The average Bonchev–Trinajstić information content (AvgIpc) is 2.97. The SMILES string of the molecule is C=CC[C@@H]1CC2=C[C@@H](OC(=O)C(C)(C)C)CC[C@]2(C)[C@H]2CC[C@]3(C)C(=O)CC[C@H]3[C@H]12. The molecule has 3 nitrogen and oxygen atoms in total. The molecule has 0 radical (unpaired) electrons. The van der Waals surface area contributed by atoms with E-state index in [1.807, 2.05) is 20.8 Å². The highest BCUT2D eigenvalue weighted by Crippen LogP contribution is 2.66. The molecule has 0 N–H and O–H groups in total. The Kier molecular flexibility index (Phi) is 5.35. The molecule has 0 unspecified atom stereocenters. The zero-order valence-corrected chi connectivity index (χ0v) is 19.6. The van der Waals surface area contributed by atoms with Crippen LogP contribution in [0.4, 0.5) is 0 Å². The number of Topliss-reactive ketones (excluding diaryl/α,β-unsaturated/α-hetero) is 1. The molecule has 0 spiro atoms. The van der Waals surface area contributed by atoms with E-state index in [4.69, 9.17) is 4.74 Å². The normalized spacial score (nSPS) is 43.2. The smallest absolute Gasteiger partial charge is 0.311 e. The van der Waals surface area contributed by atoms with Crippen LogP contribution < -0.4 is 0 Å². The van der Waals surface area contributed by atoms with Gasteiger partial charge in [-0.25, -0.2) is 0 Å². The molecule has 0 aromatic carbocycles. The molecule has 0 aromatic rings. The monoisotopic (exact) mass is 412 g/mol. The van der Waals surface area contributed by atoms with Crippen LogP contribution in [0.15, 0.2) is 24.3 Å². The van der Waals surface area contributed by atoms with E-state index in [0.717, 1.165) is 51.4 Å². The molecule has 0 heterocycles. The van der Waals surface area contributed by atoms with Gasteiger partial charge in [0.05, 0.1) is 5.41 Å². The van der Waals surface area contributed by atoms with Crippen LogP contribution in [0.2, 0.25) is 0 Å². The van der Waals surface area contributed by atoms with Crippen molar-refractivity contribution < 1.29 is 14.3 Å². The lowest BCUT2D eigenvalue weighted by Crippen LogP contribution is -2.54. The molecule has 30 heavy (non-hydrogen) atoms. The Morgan fingerprint density at radius 2 is 1.83 bits per heavy atom. The molecular weight excluding hydrogens is 372 g/mol. The third-order valence-electron chi connectivity index (χ3n) is 9.30. The summed E-state index contributed by atoms with van der Waals surface area (Å²) in [6, 6.07) is 0. The van der Waals surface area contributed by atoms with E-state index in [9.17, 15) is 9.59 Å². The van der Waals surface area contributed by atoms with Crippen LogP contribution in [-0.4, -0.2) is 17.9 Å². The van der Waals surface area contributed by atoms with Crippen LogP contribution in [0.3, 0.4) is 0 Å². The van der Waals surface area contributed by atoms with Gasteiger partial charge in [-0.05, 0) is 101 Å². The summed E-state index contributed by atoms with van der Waals surface area (Å²) >= 11 is 0. The van der Waals surface area contributed by atoms with Crippen LogP contribution in [-0.2, 0) is 14.3 Å². The van der Waals surface area contributed by atoms with E-state index < -0.39 is 5.41 Å². The number of rotatable bonds is 3. The molecule has 0 aromatic heterocycles. The predicted octanol–water partition coefficient (Wildman–Crippen LogP) is 6.28. The summed E-state index contributed by atoms with van der Waals surface area (Å²) in [7, 11) is 0. The lowest BCUT2D eigenvalue weighted by molar-refractivity contribution is -0.157. The van der Waals surface area contributed by atoms with Gasteiger partial charge in [0, 0.05) is 11.8 Å². The van der Waals surface area contributed by atoms with Crippen molar-refractivity contribution in [1.82, 2.24) is 0 Å². The molecule has 3 heteroatoms. The van der Waals surface area contributed by atoms with Crippen molar-refractivity contribution in [2.75, 3.05) is 0 Å². The van der Waals surface area contributed by atoms with Crippen LogP contribution >= 0.6 is 0 Å². The van der Waals surface area contributed by atoms with Gasteiger partial charge in [0.2, 0.25) is 0 Å². The molecule has 3 fully saturated rings. The van der Waals surface area contributed by atoms with Gasteiger partial charge in [0.15, 0.2) is 0 Å². The van der Waals surface area contributed by atoms with E-state index in [-0.39, 0.29) is 22.9 Å². The molecule has 0 saturated heterocycles. The molecule has 4 aliphatic carbocycles. The van der Waals surface area contributed by atoms with Crippen molar-refractivity contribution in [2.45, 2.75) is 92.1 Å². The van der Waals surface area contributed by atoms with Crippen LogP contribution in [0.25, 0.3) is 0 Å². The van der Waals surface area contributed by atoms with Gasteiger partial charge in [-0.15, -0.1) is 6.58 Å². The fourth-order valence-electron chi connectivity index (χ4n) is 7.47. The number of esters is 1. The maximum absolute atomic E-state index is 12.8. The fraction of sp³-hybridized carbons (Fsp3) is 0.778. The predicted molar refractivity (Wildman–Crippen MR) is 120 cm³/mol. The van der Waals surface area contributed by atoms with E-state index in [0.29, 0.717) is 29.5 Å². The summed E-state index contributed by atoms with van der Waals surface area (Å²) in [5.74, 6) is 2.73. The zero-order chi connectivity index (χ0) is 21.9. The number of allylic oxidation sites excluding steroid dienone is 2. The van der Waals surface area contributed by atoms with Crippen molar-refractivity contribution in [3.63, 3.8) is 0 Å². The fourth-order valence-corrected chi connectivity index (χ4v) is 7.47. The second-order valence-corrected chi connectivity index (χ2v) is 12.0. The summed E-state index contributed by atoms with van der Waals surface area (Å²) in [4.78, 5) is 25.2. The summed E-state index contributed by atoms with van der Waals surface area (Å²) in [6.07, 6.45) is 12.4. The summed E-state index contributed by atoms with van der Waals surface area (Å²) in [5, 5.41) is 0. The Bertz CT molecular complexity index is 771. The second kappa shape index (κ2) is 7.35. The number of ketones is 1. The first-order chi connectivity index (χ1) is 14.0. The molecule has 4 aliphatic rings. The quantitative estimate of drug-likeness (QED) is 0.405. The average molecular weight is 413 g/mol. The van der Waals surface area contributed by atoms with Crippen molar-refractivity contribution in [3.8, 4) is 0 Å². The summed E-state index contributed by atoms with van der Waals surface area (Å²) in [5.41, 5.74) is 1.12. The standard InChI is InChI=1S/C27H40O3/c1-7-8-17-15-18-16-19(30-24(29)25(2,3)4)11-13-26(18,5)21-12-14-27(6)20(23(17)21)9-10-22(27)28/h7,16-17,19-21,23H,1,8-15H2,2-6H3/t17-,19+,20+,21+,23+,26+,27+/m1/s1. The minimum Gasteiger partial charge on any atom is -0.458 e. The lowest BCUT2D eigenvalue weighted by Gasteiger charge is -2.60. The highest BCUT2D eigenvalue weighted by Gasteiger charge is 2.61. The molecular formula is C27H40O3. The van der Waals surface area contributed by atoms with Crippen LogP contribution in [0.5, 0.6) is 0 Å². The Morgan fingerprint density at radius 3 is 2.50 bits per heavy atom. The number of ether oxygens (including phenoxy) is 1. The Hall–Kier alpha value is -1.38. The first kappa shape index (κ1) is 21.8. The van der Waals surface area contributed by atoms with Gasteiger partial charge in [0.1, 0.15) is 11.9 Å². The topological polar surface area (TPSA) is 43.4 Å². The van der Waals surface area contributed by atoms with Crippen LogP contribution in [0, 0.1) is 39.9 Å². The summed E-state index contributed by atoms with van der Waals surface area (Å²) < 4.78 is 5.90. The number of hydrogen-bond acceptors (Lipinski definition) is 3. The minimum atomic E-state index is -0.467. The van der Waals surface area contributed by atoms with Crippen molar-refractivity contribution in [2.24, 2.45) is 39.9 Å². The highest BCUT2D eigenvalue weighted by atomic mass is 16.5. The van der Waals surface area contributed by atoms with Crippen molar-refractivity contribution >= 4 is 11.8 Å². The maximum Gasteiger partial charge on any atom is 0.311 e. The molecule has 7 atom stereocenters. The van der Waals surface area contributed by atoms with Gasteiger partial charge in [-0.3, -0.25) is 9.59 Å².